The Balaban J connectivity index is 1.11. The number of fused-ring (bicyclic) bond motifs is 2. The lowest BCUT2D eigenvalue weighted by Crippen LogP contribution is -2.33. The molecule has 2 N–H and O–H groups in total. The average molecular weight is 478 g/mol. The molecule has 3 aliphatic rings. The number of carbonyl (C=O) groups is 1. The van der Waals surface area contributed by atoms with Gasteiger partial charge in [-0.25, -0.2) is 0 Å². The van der Waals surface area contributed by atoms with Crippen LogP contribution in [0.5, 0.6) is 5.75 Å². The van der Waals surface area contributed by atoms with Crippen LogP contribution in [0, 0.1) is 23.7 Å². The highest BCUT2D eigenvalue weighted by Crippen LogP contribution is 2.43. The van der Waals surface area contributed by atoms with Crippen molar-refractivity contribution in [3.63, 3.8) is 0 Å². The molecule has 186 valence electrons. The van der Waals surface area contributed by atoms with Crippen LogP contribution in [0.2, 0.25) is 0 Å². The molecule has 1 unspecified atom stereocenters. The Morgan fingerprint density at radius 2 is 1.85 bits per heavy atom. The van der Waals surface area contributed by atoms with Crippen molar-refractivity contribution in [3.05, 3.63) is 24.4 Å². The molecule has 0 radical (unpaired) electrons. The number of alkyl halides is 3. The molecule has 1 saturated heterocycles. The van der Waals surface area contributed by atoms with Crippen molar-refractivity contribution in [1.82, 2.24) is 9.88 Å². The maximum absolute atomic E-state index is 12.7. The van der Waals surface area contributed by atoms with Gasteiger partial charge in [-0.1, -0.05) is 19.3 Å². The number of nitrogens with one attached hydrogen (secondary N) is 2. The quantitative estimate of drug-likeness (QED) is 0.516. The number of amides is 1. The van der Waals surface area contributed by atoms with Crippen LogP contribution < -0.4 is 10.1 Å². The molecule has 2 aliphatic carbocycles. The Hall–Kier alpha value is -2.22. The zero-order valence-corrected chi connectivity index (χ0v) is 19.5. The summed E-state index contributed by atoms with van der Waals surface area (Å²) >= 11 is 0. The van der Waals surface area contributed by atoms with E-state index in [-0.39, 0.29) is 11.8 Å². The minimum atomic E-state index is -4.11. The highest BCUT2D eigenvalue weighted by molar-refractivity contribution is 6.02. The lowest BCUT2D eigenvalue weighted by Gasteiger charge is -2.20. The minimum Gasteiger partial charge on any atom is -0.494 e. The first kappa shape index (κ1) is 23.5. The molecular weight excluding hydrogens is 443 g/mol. The maximum atomic E-state index is 12.7. The molecule has 2 aromatic rings. The second-order valence-electron chi connectivity index (χ2n) is 10.5. The first-order valence-corrected chi connectivity index (χ1v) is 12.7. The summed E-state index contributed by atoms with van der Waals surface area (Å²) in [5.74, 6) is 2.27. The van der Waals surface area contributed by atoms with Crippen molar-refractivity contribution in [2.75, 3.05) is 31.6 Å². The number of benzene rings is 1. The van der Waals surface area contributed by atoms with E-state index < -0.39 is 12.7 Å². The van der Waals surface area contributed by atoms with Crippen molar-refractivity contribution in [2.45, 2.75) is 57.5 Å². The van der Waals surface area contributed by atoms with Gasteiger partial charge >= 0.3 is 6.18 Å². The Kier molecular flexibility index (Phi) is 6.78. The van der Waals surface area contributed by atoms with Crippen molar-refractivity contribution >= 4 is 22.5 Å². The fraction of sp³-hybridized carbons (Fsp3) is 0.654. The van der Waals surface area contributed by atoms with Gasteiger partial charge in [0.1, 0.15) is 5.75 Å². The molecule has 0 spiro atoms. The van der Waals surface area contributed by atoms with Gasteiger partial charge in [-0.15, -0.1) is 0 Å². The topological polar surface area (TPSA) is 57.4 Å². The normalized spacial score (nSPS) is 26.1. The van der Waals surface area contributed by atoms with E-state index >= 15 is 0 Å². The number of halogens is 3. The Labute approximate surface area is 198 Å². The number of aromatic amines is 1. The van der Waals surface area contributed by atoms with Gasteiger partial charge in [0.15, 0.2) is 0 Å². The number of hydrogen-bond donors (Lipinski definition) is 2. The molecular formula is C26H34F3N3O2. The highest BCUT2D eigenvalue weighted by Gasteiger charge is 2.43. The summed E-state index contributed by atoms with van der Waals surface area (Å²) in [6.07, 6.45) is 6.04. The van der Waals surface area contributed by atoms with E-state index in [0.29, 0.717) is 37.5 Å². The SMILES string of the molecule is O=C(Nc1c[nH]c2ccc(OCCC3C[C@@H]4CN(CC(F)(F)F)C[C@@H]4C3)cc12)C1CCCCC1. The summed E-state index contributed by atoms with van der Waals surface area (Å²) < 4.78 is 44.0. The van der Waals surface area contributed by atoms with Crippen LogP contribution >= 0.6 is 0 Å². The van der Waals surface area contributed by atoms with Crippen molar-refractivity contribution in [2.24, 2.45) is 23.7 Å². The zero-order valence-electron chi connectivity index (χ0n) is 19.5. The second kappa shape index (κ2) is 9.80. The zero-order chi connectivity index (χ0) is 23.7. The Morgan fingerprint density at radius 3 is 2.56 bits per heavy atom. The van der Waals surface area contributed by atoms with E-state index in [2.05, 4.69) is 10.3 Å². The summed E-state index contributed by atoms with van der Waals surface area (Å²) in [6, 6.07) is 5.88. The van der Waals surface area contributed by atoms with E-state index in [1.54, 1.807) is 4.90 Å². The molecule has 3 fully saturated rings. The van der Waals surface area contributed by atoms with Crippen molar-refractivity contribution < 1.29 is 22.7 Å². The van der Waals surface area contributed by atoms with E-state index in [0.717, 1.165) is 67.3 Å². The molecule has 0 bridgehead atoms. The van der Waals surface area contributed by atoms with Crippen LogP contribution in [-0.4, -0.2) is 48.2 Å². The number of aromatic nitrogens is 1. The fourth-order valence-electron chi connectivity index (χ4n) is 6.38. The highest BCUT2D eigenvalue weighted by atomic mass is 19.4. The van der Waals surface area contributed by atoms with Gasteiger partial charge in [0.2, 0.25) is 5.91 Å². The van der Waals surface area contributed by atoms with Crippen LogP contribution in [0.15, 0.2) is 24.4 Å². The maximum Gasteiger partial charge on any atom is 0.401 e. The first-order chi connectivity index (χ1) is 16.3. The molecule has 3 atom stereocenters. The van der Waals surface area contributed by atoms with E-state index in [1.165, 1.54) is 6.42 Å². The van der Waals surface area contributed by atoms with Gasteiger partial charge in [-0.05, 0) is 68.1 Å². The van der Waals surface area contributed by atoms with Crippen LogP contribution in [0.4, 0.5) is 18.9 Å². The summed E-state index contributed by atoms with van der Waals surface area (Å²) in [5.41, 5.74) is 1.75. The summed E-state index contributed by atoms with van der Waals surface area (Å²) in [7, 11) is 0. The fourth-order valence-corrected chi connectivity index (χ4v) is 6.38. The molecule has 5 nitrogen and oxygen atoms in total. The van der Waals surface area contributed by atoms with Gasteiger partial charge in [0, 0.05) is 36.1 Å². The Morgan fingerprint density at radius 1 is 1.12 bits per heavy atom. The van der Waals surface area contributed by atoms with Gasteiger partial charge in [-0.3, -0.25) is 9.69 Å². The third-order valence-electron chi connectivity index (χ3n) is 8.01. The van der Waals surface area contributed by atoms with Crippen LogP contribution in [-0.2, 0) is 4.79 Å². The lowest BCUT2D eigenvalue weighted by atomic mass is 9.88. The summed E-state index contributed by atoms with van der Waals surface area (Å²) in [4.78, 5) is 17.5. The van der Waals surface area contributed by atoms with Crippen LogP contribution in [0.3, 0.4) is 0 Å². The van der Waals surface area contributed by atoms with Gasteiger partial charge in [0.05, 0.1) is 18.8 Å². The molecule has 34 heavy (non-hydrogen) atoms. The molecule has 1 aromatic carbocycles. The third kappa shape index (κ3) is 5.53. The second-order valence-corrected chi connectivity index (χ2v) is 10.5. The lowest BCUT2D eigenvalue weighted by molar-refractivity contribution is -0.144. The number of rotatable bonds is 7. The number of H-pyrrole nitrogens is 1. The average Bonchev–Trinajstić information content (AvgIpc) is 3.46. The monoisotopic (exact) mass is 477 g/mol. The largest absolute Gasteiger partial charge is 0.494 e. The number of carbonyl (C=O) groups excluding carboxylic acids is 1. The van der Waals surface area contributed by atoms with Gasteiger partial charge in [-0.2, -0.15) is 13.2 Å². The molecule has 8 heteroatoms. The number of hydrogen-bond acceptors (Lipinski definition) is 3. The van der Waals surface area contributed by atoms with Crippen LogP contribution in [0.25, 0.3) is 10.9 Å². The summed E-state index contributed by atoms with van der Waals surface area (Å²) in [6.45, 7) is 0.955. The van der Waals surface area contributed by atoms with E-state index in [1.807, 2.05) is 24.4 Å². The van der Waals surface area contributed by atoms with Crippen molar-refractivity contribution in [1.29, 1.82) is 0 Å². The van der Waals surface area contributed by atoms with Gasteiger partial charge < -0.3 is 15.0 Å². The number of nitrogens with zero attached hydrogens (tertiary/aromatic N) is 1. The molecule has 5 rings (SSSR count). The predicted molar refractivity (Wildman–Crippen MR) is 126 cm³/mol. The van der Waals surface area contributed by atoms with E-state index in [4.69, 9.17) is 4.74 Å². The molecule has 2 saturated carbocycles. The molecule has 1 amide bonds. The number of ether oxygens (including phenoxy) is 1. The minimum absolute atomic E-state index is 0.101. The number of likely N-dealkylation sites (tertiary alicyclic amines) is 1. The smallest absolute Gasteiger partial charge is 0.401 e. The third-order valence-corrected chi connectivity index (χ3v) is 8.01. The Bertz CT molecular complexity index is 985. The first-order valence-electron chi connectivity index (χ1n) is 12.7. The standard InChI is InChI=1S/C26H34F3N3O2/c27-26(28,29)16-32-14-19-10-17(11-20(19)15-32)8-9-34-21-6-7-23-22(12-21)24(13-30-23)31-25(33)18-4-2-1-3-5-18/h6-7,12-13,17-20,30H,1-5,8-11,14-16H2,(H,31,33)/t17?,19-,20+. The molecule has 2 heterocycles. The van der Waals surface area contributed by atoms with E-state index in [9.17, 15) is 18.0 Å². The number of anilines is 1. The van der Waals surface area contributed by atoms with Crippen molar-refractivity contribution in [3.8, 4) is 5.75 Å². The van der Waals surface area contributed by atoms with Gasteiger partial charge in [0.25, 0.3) is 0 Å². The van der Waals surface area contributed by atoms with Crippen LogP contribution in [0.1, 0.15) is 51.4 Å². The predicted octanol–water partition coefficient (Wildman–Crippen LogP) is 5.98. The molecule has 1 aromatic heterocycles. The summed E-state index contributed by atoms with van der Waals surface area (Å²) in [5, 5.41) is 4.05. The molecule has 1 aliphatic heterocycles.